The van der Waals surface area contributed by atoms with Crippen molar-refractivity contribution in [1.29, 1.82) is 0 Å². The molecule has 0 saturated heterocycles. The molecule has 1 aromatic rings. The van der Waals surface area contributed by atoms with Gasteiger partial charge in [0.1, 0.15) is 5.75 Å². The van der Waals surface area contributed by atoms with Gasteiger partial charge in [0, 0.05) is 6.04 Å². The predicted molar refractivity (Wildman–Crippen MR) is 73.4 cm³/mol. The summed E-state index contributed by atoms with van der Waals surface area (Å²) < 4.78 is 5.41. The van der Waals surface area contributed by atoms with Crippen LogP contribution in [-0.2, 0) is 6.42 Å². The van der Waals surface area contributed by atoms with Crippen molar-refractivity contribution in [3.05, 3.63) is 29.8 Å². The molecule has 0 heterocycles. The van der Waals surface area contributed by atoms with Crippen molar-refractivity contribution < 1.29 is 4.74 Å². The summed E-state index contributed by atoms with van der Waals surface area (Å²) in [5.41, 5.74) is 7.39. The summed E-state index contributed by atoms with van der Waals surface area (Å²) in [6, 6.07) is 8.71. The summed E-state index contributed by atoms with van der Waals surface area (Å²) in [5.74, 6) is 1.53. The number of rotatable bonds is 7. The van der Waals surface area contributed by atoms with Gasteiger partial charge in [-0.2, -0.15) is 0 Å². The van der Waals surface area contributed by atoms with Crippen molar-refractivity contribution in [2.24, 2.45) is 11.7 Å². The minimum Gasteiger partial charge on any atom is -0.494 e. The molecule has 2 N–H and O–H groups in total. The Bertz CT molecular complexity index is 305. The van der Waals surface area contributed by atoms with Crippen LogP contribution < -0.4 is 10.5 Å². The van der Waals surface area contributed by atoms with Gasteiger partial charge in [-0.3, -0.25) is 0 Å². The number of benzene rings is 1. The molecule has 0 fully saturated rings. The normalized spacial score (nSPS) is 12.8. The van der Waals surface area contributed by atoms with Gasteiger partial charge in [-0.25, -0.2) is 0 Å². The molecule has 1 unspecified atom stereocenters. The van der Waals surface area contributed by atoms with Crippen molar-refractivity contribution in [3.8, 4) is 5.75 Å². The number of aryl methyl sites for hydroxylation is 1. The van der Waals surface area contributed by atoms with Crippen LogP contribution >= 0.6 is 0 Å². The molecule has 0 saturated carbocycles. The fraction of sp³-hybridized carbons (Fsp3) is 0.600. The Morgan fingerprint density at radius 3 is 2.35 bits per heavy atom. The first-order valence-electron chi connectivity index (χ1n) is 6.60. The lowest BCUT2D eigenvalue weighted by atomic mass is 9.98. The first-order chi connectivity index (χ1) is 8.13. The van der Waals surface area contributed by atoms with Gasteiger partial charge in [0.15, 0.2) is 0 Å². The second-order valence-corrected chi connectivity index (χ2v) is 4.88. The van der Waals surface area contributed by atoms with Gasteiger partial charge in [-0.1, -0.05) is 26.0 Å². The van der Waals surface area contributed by atoms with E-state index in [1.54, 1.807) is 0 Å². The Morgan fingerprint density at radius 1 is 1.18 bits per heavy atom. The molecule has 0 bridgehead atoms. The van der Waals surface area contributed by atoms with E-state index >= 15 is 0 Å². The smallest absolute Gasteiger partial charge is 0.119 e. The molecule has 0 amide bonds. The second kappa shape index (κ2) is 7.33. The summed E-state index contributed by atoms with van der Waals surface area (Å²) in [6.07, 6.45) is 3.37. The van der Waals surface area contributed by atoms with Gasteiger partial charge in [0.2, 0.25) is 0 Å². The van der Waals surface area contributed by atoms with Crippen LogP contribution in [-0.4, -0.2) is 12.6 Å². The van der Waals surface area contributed by atoms with Crippen LogP contribution in [0, 0.1) is 5.92 Å². The molecule has 17 heavy (non-hydrogen) atoms. The first-order valence-corrected chi connectivity index (χ1v) is 6.60. The second-order valence-electron chi connectivity index (χ2n) is 4.88. The molecule has 1 rings (SSSR count). The molecule has 0 radical (unpaired) electrons. The summed E-state index contributed by atoms with van der Waals surface area (Å²) in [6.45, 7) is 7.09. The molecule has 0 aliphatic carbocycles. The van der Waals surface area contributed by atoms with Crippen LogP contribution in [0.25, 0.3) is 0 Å². The predicted octanol–water partition coefficient (Wildman–Crippen LogP) is 3.39. The Balaban J connectivity index is 2.32. The first kappa shape index (κ1) is 14.0. The Kier molecular flexibility index (Phi) is 6.06. The van der Waals surface area contributed by atoms with Gasteiger partial charge in [0.25, 0.3) is 0 Å². The van der Waals surface area contributed by atoms with E-state index in [0.717, 1.165) is 31.6 Å². The standard InChI is InChI=1S/C15H25NO/c1-4-17-14-10-8-13(9-11-14)6-5-7-15(16)12(2)3/h8-12,15H,4-7,16H2,1-3H3. The molecule has 0 spiro atoms. The fourth-order valence-corrected chi connectivity index (χ4v) is 1.79. The Morgan fingerprint density at radius 2 is 1.82 bits per heavy atom. The molecule has 96 valence electrons. The van der Waals surface area contributed by atoms with Crippen LogP contribution in [0.4, 0.5) is 0 Å². The maximum absolute atomic E-state index is 6.02. The molecule has 0 aromatic heterocycles. The Labute approximate surface area is 105 Å². The SMILES string of the molecule is CCOc1ccc(CCCC(N)C(C)C)cc1. The molecule has 0 aliphatic rings. The van der Waals surface area contributed by atoms with E-state index in [1.165, 1.54) is 5.56 Å². The zero-order valence-corrected chi connectivity index (χ0v) is 11.3. The van der Waals surface area contributed by atoms with Crippen LogP contribution in [0.5, 0.6) is 5.75 Å². The lowest BCUT2D eigenvalue weighted by molar-refractivity contribution is 0.340. The number of ether oxygens (including phenoxy) is 1. The van der Waals surface area contributed by atoms with Crippen LogP contribution in [0.1, 0.15) is 39.2 Å². The van der Waals surface area contributed by atoms with Gasteiger partial charge in [-0.15, -0.1) is 0 Å². The van der Waals surface area contributed by atoms with E-state index in [0.29, 0.717) is 12.0 Å². The van der Waals surface area contributed by atoms with Gasteiger partial charge >= 0.3 is 0 Å². The van der Waals surface area contributed by atoms with Crippen LogP contribution in [0.2, 0.25) is 0 Å². The van der Waals surface area contributed by atoms with Gasteiger partial charge in [0.05, 0.1) is 6.61 Å². The number of hydrogen-bond donors (Lipinski definition) is 1. The average molecular weight is 235 g/mol. The Hall–Kier alpha value is -1.02. The van der Waals surface area contributed by atoms with E-state index in [9.17, 15) is 0 Å². The maximum atomic E-state index is 6.02. The highest BCUT2D eigenvalue weighted by molar-refractivity contribution is 5.27. The zero-order valence-electron chi connectivity index (χ0n) is 11.3. The third kappa shape index (κ3) is 5.22. The van der Waals surface area contributed by atoms with E-state index in [4.69, 9.17) is 10.5 Å². The monoisotopic (exact) mass is 235 g/mol. The third-order valence-corrected chi connectivity index (χ3v) is 3.09. The highest BCUT2D eigenvalue weighted by Crippen LogP contribution is 2.15. The van der Waals surface area contributed by atoms with Crippen LogP contribution in [0.15, 0.2) is 24.3 Å². The van der Waals surface area contributed by atoms with E-state index < -0.39 is 0 Å². The summed E-state index contributed by atoms with van der Waals surface area (Å²) in [7, 11) is 0. The largest absolute Gasteiger partial charge is 0.494 e. The quantitative estimate of drug-likeness (QED) is 0.786. The summed E-state index contributed by atoms with van der Waals surface area (Å²) >= 11 is 0. The van der Waals surface area contributed by atoms with Gasteiger partial charge in [-0.05, 0) is 49.8 Å². The third-order valence-electron chi connectivity index (χ3n) is 3.09. The van der Waals surface area contributed by atoms with Gasteiger partial charge < -0.3 is 10.5 Å². The summed E-state index contributed by atoms with van der Waals surface area (Å²) in [5, 5.41) is 0. The number of hydrogen-bond acceptors (Lipinski definition) is 2. The lowest BCUT2D eigenvalue weighted by Crippen LogP contribution is -2.26. The van der Waals surface area contributed by atoms with Crippen molar-refractivity contribution >= 4 is 0 Å². The minimum atomic E-state index is 0.331. The van der Waals surface area contributed by atoms with Crippen molar-refractivity contribution in [2.45, 2.75) is 46.1 Å². The van der Waals surface area contributed by atoms with Crippen molar-refractivity contribution in [3.63, 3.8) is 0 Å². The molecular formula is C15H25NO. The molecule has 1 atom stereocenters. The average Bonchev–Trinajstić information content (AvgIpc) is 2.31. The van der Waals surface area contributed by atoms with Crippen molar-refractivity contribution in [2.75, 3.05) is 6.61 Å². The number of nitrogens with two attached hydrogens (primary N) is 1. The fourth-order valence-electron chi connectivity index (χ4n) is 1.79. The molecular weight excluding hydrogens is 210 g/mol. The summed E-state index contributed by atoms with van der Waals surface area (Å²) in [4.78, 5) is 0. The topological polar surface area (TPSA) is 35.2 Å². The molecule has 1 aromatic carbocycles. The highest BCUT2D eigenvalue weighted by atomic mass is 16.5. The maximum Gasteiger partial charge on any atom is 0.119 e. The highest BCUT2D eigenvalue weighted by Gasteiger charge is 2.06. The molecule has 2 nitrogen and oxygen atoms in total. The van der Waals surface area contributed by atoms with Crippen LogP contribution in [0.3, 0.4) is 0 Å². The zero-order chi connectivity index (χ0) is 12.7. The molecule has 0 aliphatic heterocycles. The van der Waals surface area contributed by atoms with Crippen molar-refractivity contribution in [1.82, 2.24) is 0 Å². The van der Waals surface area contributed by atoms with E-state index in [-0.39, 0.29) is 0 Å². The van der Waals surface area contributed by atoms with E-state index in [1.807, 2.05) is 19.1 Å². The lowest BCUT2D eigenvalue weighted by Gasteiger charge is -2.15. The molecule has 2 heteroatoms. The minimum absolute atomic E-state index is 0.331. The van der Waals surface area contributed by atoms with E-state index in [2.05, 4.69) is 26.0 Å².